The summed E-state index contributed by atoms with van der Waals surface area (Å²) in [6, 6.07) is 17.6. The number of nitrogens with one attached hydrogen (secondary N) is 1. The summed E-state index contributed by atoms with van der Waals surface area (Å²) in [4.78, 5) is 26.3. The fourth-order valence-electron chi connectivity index (χ4n) is 3.38. The quantitative estimate of drug-likeness (QED) is 0.548. The molecule has 1 unspecified atom stereocenters. The molecule has 2 amide bonds. The first kappa shape index (κ1) is 20.5. The predicted molar refractivity (Wildman–Crippen MR) is 118 cm³/mol. The molecule has 1 aliphatic rings. The maximum atomic E-state index is 12.4. The molecule has 1 heterocycles. The minimum Gasteiger partial charge on any atom is -0.326 e. The molecule has 2 aromatic carbocycles. The fourth-order valence-corrected chi connectivity index (χ4v) is 4.56. The van der Waals surface area contributed by atoms with Gasteiger partial charge in [-0.15, -0.1) is 11.8 Å². The molecule has 5 heteroatoms. The third kappa shape index (κ3) is 5.38. The molecule has 0 bridgehead atoms. The molecule has 148 valence electrons. The Balaban J connectivity index is 1.58. The molecule has 4 nitrogen and oxygen atoms in total. The van der Waals surface area contributed by atoms with Gasteiger partial charge in [0, 0.05) is 17.8 Å². The number of benzene rings is 2. The highest BCUT2D eigenvalue weighted by molar-refractivity contribution is 8.00. The number of nitrogens with zero attached hydrogens (tertiary/aromatic N) is 1. The van der Waals surface area contributed by atoms with Crippen molar-refractivity contribution in [2.24, 2.45) is 0 Å². The zero-order valence-corrected chi connectivity index (χ0v) is 17.2. The number of rotatable bonds is 9. The van der Waals surface area contributed by atoms with Crippen LogP contribution in [0.25, 0.3) is 0 Å². The summed E-state index contributed by atoms with van der Waals surface area (Å²) >= 11 is 1.63. The number of carbonyl (C=O) groups is 2. The predicted octanol–water partition coefficient (Wildman–Crippen LogP) is 5.76. The molecule has 1 aliphatic heterocycles. The van der Waals surface area contributed by atoms with Gasteiger partial charge in [-0.1, -0.05) is 62.9 Å². The van der Waals surface area contributed by atoms with Crippen LogP contribution in [0.4, 0.5) is 11.4 Å². The number of para-hydroxylation sites is 1. The second-order valence-electron chi connectivity index (χ2n) is 7.10. The summed E-state index contributed by atoms with van der Waals surface area (Å²) in [6.07, 6.45) is 6.28. The Morgan fingerprint density at radius 1 is 1.04 bits per heavy atom. The Kier molecular flexibility index (Phi) is 7.54. The number of hydrogen-bond donors (Lipinski definition) is 1. The van der Waals surface area contributed by atoms with Gasteiger partial charge in [0.25, 0.3) is 0 Å². The van der Waals surface area contributed by atoms with Gasteiger partial charge in [0.1, 0.15) is 5.37 Å². The highest BCUT2D eigenvalue weighted by atomic mass is 32.2. The summed E-state index contributed by atoms with van der Waals surface area (Å²) in [5.41, 5.74) is 2.79. The molecule has 1 atom stereocenters. The Labute approximate surface area is 171 Å². The number of carbonyl (C=O) groups excluding carboxylic acids is 2. The van der Waals surface area contributed by atoms with Crippen LogP contribution in [-0.2, 0) is 9.59 Å². The van der Waals surface area contributed by atoms with Crippen LogP contribution in [0.5, 0.6) is 0 Å². The van der Waals surface area contributed by atoms with E-state index in [-0.39, 0.29) is 17.2 Å². The molecule has 0 saturated carbocycles. The summed E-state index contributed by atoms with van der Waals surface area (Å²) in [7, 11) is 0. The van der Waals surface area contributed by atoms with Gasteiger partial charge in [0.15, 0.2) is 0 Å². The average molecular weight is 397 g/mol. The van der Waals surface area contributed by atoms with Gasteiger partial charge in [0.2, 0.25) is 11.8 Å². The topological polar surface area (TPSA) is 49.4 Å². The molecule has 2 aromatic rings. The van der Waals surface area contributed by atoms with Crippen molar-refractivity contribution >= 4 is 35.0 Å². The largest absolute Gasteiger partial charge is 0.326 e. The molecular weight excluding hydrogens is 368 g/mol. The first-order valence-corrected chi connectivity index (χ1v) is 11.1. The minimum atomic E-state index is -0.0294. The summed E-state index contributed by atoms with van der Waals surface area (Å²) in [5.74, 6) is 0.679. The van der Waals surface area contributed by atoms with Crippen molar-refractivity contribution in [2.45, 2.75) is 50.8 Å². The van der Waals surface area contributed by atoms with Gasteiger partial charge in [-0.3, -0.25) is 14.5 Å². The summed E-state index contributed by atoms with van der Waals surface area (Å²) in [6.45, 7) is 2.19. The van der Waals surface area contributed by atoms with Crippen molar-refractivity contribution in [3.8, 4) is 0 Å². The maximum Gasteiger partial charge on any atom is 0.238 e. The third-order valence-electron chi connectivity index (χ3n) is 4.89. The highest BCUT2D eigenvalue weighted by Gasteiger charge is 2.33. The number of thioether (sulfide) groups is 1. The van der Waals surface area contributed by atoms with E-state index in [9.17, 15) is 9.59 Å². The van der Waals surface area contributed by atoms with E-state index in [0.29, 0.717) is 12.2 Å². The van der Waals surface area contributed by atoms with Crippen LogP contribution < -0.4 is 10.2 Å². The lowest BCUT2D eigenvalue weighted by molar-refractivity contribution is -0.116. The molecule has 0 aromatic heterocycles. The summed E-state index contributed by atoms with van der Waals surface area (Å²) < 4.78 is 0. The Morgan fingerprint density at radius 3 is 2.46 bits per heavy atom. The molecule has 0 spiro atoms. The lowest BCUT2D eigenvalue weighted by atomic mass is 10.1. The lowest BCUT2D eigenvalue weighted by Crippen LogP contribution is -2.27. The first-order chi connectivity index (χ1) is 13.7. The smallest absolute Gasteiger partial charge is 0.238 e. The van der Waals surface area contributed by atoms with Gasteiger partial charge < -0.3 is 5.32 Å². The number of unbranched alkanes of at least 4 members (excludes halogenated alkanes) is 4. The highest BCUT2D eigenvalue weighted by Crippen LogP contribution is 2.41. The fraction of sp³-hybridized carbons (Fsp3) is 0.391. The normalized spacial score (nSPS) is 16.4. The monoisotopic (exact) mass is 396 g/mol. The van der Waals surface area contributed by atoms with Gasteiger partial charge in [-0.05, 0) is 36.2 Å². The molecule has 28 heavy (non-hydrogen) atoms. The van der Waals surface area contributed by atoms with E-state index in [1.165, 1.54) is 19.3 Å². The van der Waals surface area contributed by atoms with Crippen LogP contribution in [-0.4, -0.2) is 17.6 Å². The van der Waals surface area contributed by atoms with Crippen molar-refractivity contribution in [2.75, 3.05) is 16.0 Å². The average Bonchev–Trinajstić information content (AvgIpc) is 3.10. The van der Waals surface area contributed by atoms with E-state index in [1.54, 1.807) is 11.8 Å². The third-order valence-corrected chi connectivity index (χ3v) is 6.10. The second kappa shape index (κ2) is 10.3. The molecule has 1 saturated heterocycles. The molecular formula is C23H28N2O2S. The van der Waals surface area contributed by atoms with Crippen LogP contribution >= 0.6 is 11.8 Å². The maximum absolute atomic E-state index is 12.4. The van der Waals surface area contributed by atoms with Crippen molar-refractivity contribution in [3.05, 3.63) is 60.2 Å². The van der Waals surface area contributed by atoms with Crippen LogP contribution in [0, 0.1) is 0 Å². The van der Waals surface area contributed by atoms with E-state index in [2.05, 4.69) is 12.2 Å². The number of amides is 2. The van der Waals surface area contributed by atoms with Crippen molar-refractivity contribution in [1.82, 2.24) is 0 Å². The standard InChI is InChI=1S/C23H28N2O2S/c1-2-3-4-5-9-12-21(26)24-19-15-13-18(14-16-19)23-25(22(27)17-28-23)20-10-7-6-8-11-20/h6-8,10-11,13-16,23H,2-5,9,12,17H2,1H3,(H,24,26). The second-order valence-corrected chi connectivity index (χ2v) is 8.17. The Morgan fingerprint density at radius 2 is 1.75 bits per heavy atom. The Hall–Kier alpha value is -2.27. The van der Waals surface area contributed by atoms with E-state index < -0.39 is 0 Å². The van der Waals surface area contributed by atoms with E-state index in [1.807, 2.05) is 59.5 Å². The zero-order valence-electron chi connectivity index (χ0n) is 16.4. The van der Waals surface area contributed by atoms with Crippen LogP contribution in [0.3, 0.4) is 0 Å². The molecule has 0 aliphatic carbocycles. The van der Waals surface area contributed by atoms with E-state index in [0.717, 1.165) is 29.8 Å². The van der Waals surface area contributed by atoms with E-state index in [4.69, 9.17) is 0 Å². The van der Waals surface area contributed by atoms with Crippen molar-refractivity contribution in [1.29, 1.82) is 0 Å². The molecule has 1 fully saturated rings. The summed E-state index contributed by atoms with van der Waals surface area (Å²) in [5, 5.41) is 2.95. The molecule has 0 radical (unpaired) electrons. The van der Waals surface area contributed by atoms with Gasteiger partial charge >= 0.3 is 0 Å². The van der Waals surface area contributed by atoms with Crippen molar-refractivity contribution < 1.29 is 9.59 Å². The SMILES string of the molecule is CCCCCCCC(=O)Nc1ccc(C2SCC(=O)N2c2ccccc2)cc1. The van der Waals surface area contributed by atoms with Crippen molar-refractivity contribution in [3.63, 3.8) is 0 Å². The van der Waals surface area contributed by atoms with Crippen LogP contribution in [0.1, 0.15) is 56.4 Å². The Bertz CT molecular complexity index is 777. The number of hydrogen-bond acceptors (Lipinski definition) is 3. The molecule has 1 N–H and O–H groups in total. The van der Waals surface area contributed by atoms with Crippen LogP contribution in [0.2, 0.25) is 0 Å². The first-order valence-electron chi connectivity index (χ1n) is 10.1. The van der Waals surface area contributed by atoms with Gasteiger partial charge in [0.05, 0.1) is 5.75 Å². The van der Waals surface area contributed by atoms with E-state index >= 15 is 0 Å². The van der Waals surface area contributed by atoms with Crippen LogP contribution in [0.15, 0.2) is 54.6 Å². The minimum absolute atomic E-state index is 0.0294. The number of anilines is 2. The zero-order chi connectivity index (χ0) is 19.8. The van der Waals surface area contributed by atoms with Gasteiger partial charge in [-0.2, -0.15) is 0 Å². The lowest BCUT2D eigenvalue weighted by Gasteiger charge is -2.24. The molecule has 3 rings (SSSR count). The van der Waals surface area contributed by atoms with Gasteiger partial charge in [-0.25, -0.2) is 0 Å².